The lowest BCUT2D eigenvalue weighted by Crippen LogP contribution is -2.43. The Kier molecular flexibility index (Phi) is 6.11. The highest BCUT2D eigenvalue weighted by atomic mass is 32.1. The van der Waals surface area contributed by atoms with Crippen molar-refractivity contribution in [2.45, 2.75) is 46.3 Å². The first kappa shape index (κ1) is 19.8. The third kappa shape index (κ3) is 4.47. The minimum absolute atomic E-state index is 0.0416. The lowest BCUT2D eigenvalue weighted by atomic mass is 10.0. The lowest BCUT2D eigenvalue weighted by Gasteiger charge is -2.34. The highest BCUT2D eigenvalue weighted by molar-refractivity contribution is 7.20. The molecule has 27 heavy (non-hydrogen) atoms. The maximum atomic E-state index is 12.8. The summed E-state index contributed by atoms with van der Waals surface area (Å²) in [6, 6.07) is 3.88. The molecule has 146 valence electrons. The third-order valence-corrected chi connectivity index (χ3v) is 5.58. The number of ether oxygens (including phenoxy) is 1. The van der Waals surface area contributed by atoms with Crippen LogP contribution >= 0.6 is 11.3 Å². The molecule has 1 aliphatic rings. The number of carbonyl (C=O) groups excluding carboxylic acids is 2. The van der Waals surface area contributed by atoms with Crippen LogP contribution in [0.2, 0.25) is 0 Å². The van der Waals surface area contributed by atoms with Crippen LogP contribution < -0.4 is 5.32 Å². The summed E-state index contributed by atoms with van der Waals surface area (Å²) >= 11 is 1.38. The summed E-state index contributed by atoms with van der Waals surface area (Å²) in [5.41, 5.74) is 0.850. The summed E-state index contributed by atoms with van der Waals surface area (Å²) in [5, 5.41) is 3.90. The van der Waals surface area contributed by atoms with Gasteiger partial charge in [0.15, 0.2) is 0 Å². The van der Waals surface area contributed by atoms with Gasteiger partial charge in [0, 0.05) is 36.2 Å². The molecular weight excluding hydrogens is 362 g/mol. The summed E-state index contributed by atoms with van der Waals surface area (Å²) in [6.45, 7) is 9.49. The van der Waals surface area contributed by atoms with Gasteiger partial charge in [-0.3, -0.25) is 9.59 Å². The number of hydrogen-bond donors (Lipinski definition) is 1. The van der Waals surface area contributed by atoms with E-state index in [0.717, 1.165) is 15.8 Å². The number of rotatable bonds is 5. The Morgan fingerprint density at radius 3 is 2.85 bits per heavy atom. The van der Waals surface area contributed by atoms with E-state index in [1.807, 2.05) is 44.7 Å². The van der Waals surface area contributed by atoms with Gasteiger partial charge in [-0.15, -0.1) is 11.3 Å². The van der Waals surface area contributed by atoms with Gasteiger partial charge in [0.05, 0.1) is 13.2 Å². The second-order valence-electron chi connectivity index (χ2n) is 7.63. The molecule has 0 saturated carbocycles. The molecule has 0 spiro atoms. The number of fused-ring (bicyclic) bond motifs is 1. The summed E-state index contributed by atoms with van der Waals surface area (Å²) in [6.07, 6.45) is 1.94. The topological polar surface area (TPSA) is 71.5 Å². The maximum absolute atomic E-state index is 12.8. The first-order valence-electron chi connectivity index (χ1n) is 9.44. The monoisotopic (exact) mass is 389 g/mol. The number of nitrogens with zero attached hydrogens (tertiary/aromatic N) is 2. The van der Waals surface area contributed by atoms with Crippen molar-refractivity contribution in [3.05, 3.63) is 28.8 Å². The van der Waals surface area contributed by atoms with Crippen LogP contribution in [0.1, 0.15) is 55.5 Å². The zero-order valence-corrected chi connectivity index (χ0v) is 17.1. The zero-order valence-electron chi connectivity index (χ0n) is 16.3. The van der Waals surface area contributed by atoms with Gasteiger partial charge in [0.1, 0.15) is 15.8 Å². The molecule has 1 unspecified atom stereocenters. The van der Waals surface area contributed by atoms with Crippen LogP contribution in [0.25, 0.3) is 10.2 Å². The van der Waals surface area contributed by atoms with Crippen molar-refractivity contribution < 1.29 is 14.3 Å². The fraction of sp³-hybridized carbons (Fsp3) is 0.550. The third-order valence-electron chi connectivity index (χ3n) is 4.45. The minimum Gasteiger partial charge on any atom is -0.370 e. The molecule has 0 radical (unpaired) electrons. The van der Waals surface area contributed by atoms with E-state index in [1.54, 1.807) is 6.20 Å². The highest BCUT2D eigenvalue weighted by Crippen LogP contribution is 2.37. The van der Waals surface area contributed by atoms with Crippen molar-refractivity contribution in [3.8, 4) is 0 Å². The number of pyridine rings is 1. The SMILES string of the molecule is CC(C)CC(=O)N1CCOC(c2c(C(=O)NC(C)C)sc3ncccc23)C1. The van der Waals surface area contributed by atoms with Gasteiger partial charge in [-0.2, -0.15) is 0 Å². The summed E-state index contributed by atoms with van der Waals surface area (Å²) in [5.74, 6) is 0.346. The van der Waals surface area contributed by atoms with E-state index in [1.165, 1.54) is 11.3 Å². The molecule has 0 bridgehead atoms. The van der Waals surface area contributed by atoms with E-state index < -0.39 is 0 Å². The molecule has 1 aliphatic heterocycles. The van der Waals surface area contributed by atoms with Gasteiger partial charge in [-0.25, -0.2) is 4.98 Å². The Morgan fingerprint density at radius 2 is 2.15 bits per heavy atom. The predicted octanol–water partition coefficient (Wildman–Crippen LogP) is 3.38. The smallest absolute Gasteiger partial charge is 0.262 e. The number of aromatic nitrogens is 1. The Balaban J connectivity index is 1.94. The van der Waals surface area contributed by atoms with Crippen LogP contribution in [0.5, 0.6) is 0 Å². The number of nitrogens with one attached hydrogen (secondary N) is 1. The molecule has 0 aliphatic carbocycles. The van der Waals surface area contributed by atoms with Crippen molar-refractivity contribution in [1.82, 2.24) is 15.2 Å². The van der Waals surface area contributed by atoms with Gasteiger partial charge >= 0.3 is 0 Å². The van der Waals surface area contributed by atoms with E-state index in [0.29, 0.717) is 36.9 Å². The van der Waals surface area contributed by atoms with Crippen LogP contribution in [0.3, 0.4) is 0 Å². The standard InChI is InChI=1S/C20H27N3O3S/c1-12(2)10-16(24)23-8-9-26-15(11-23)17-14-6-5-7-21-20(14)27-18(17)19(25)22-13(3)4/h5-7,12-13,15H,8-11H2,1-4H3,(H,22,25). The van der Waals surface area contributed by atoms with Crippen LogP contribution in [-0.2, 0) is 9.53 Å². The number of hydrogen-bond acceptors (Lipinski definition) is 5. The van der Waals surface area contributed by atoms with Gasteiger partial charge in [-0.1, -0.05) is 19.9 Å². The van der Waals surface area contributed by atoms with Gasteiger partial charge in [0.25, 0.3) is 5.91 Å². The average Bonchev–Trinajstić information content (AvgIpc) is 3.00. The second-order valence-corrected chi connectivity index (χ2v) is 8.63. The van der Waals surface area contributed by atoms with Gasteiger partial charge in [0.2, 0.25) is 5.91 Å². The van der Waals surface area contributed by atoms with E-state index in [2.05, 4.69) is 10.3 Å². The van der Waals surface area contributed by atoms with Crippen molar-refractivity contribution >= 4 is 33.4 Å². The first-order valence-corrected chi connectivity index (χ1v) is 10.3. The summed E-state index contributed by atoms with van der Waals surface area (Å²) < 4.78 is 6.02. The molecular formula is C20H27N3O3S. The van der Waals surface area contributed by atoms with Crippen molar-refractivity contribution in [2.24, 2.45) is 5.92 Å². The molecule has 2 aromatic rings. The van der Waals surface area contributed by atoms with Crippen molar-refractivity contribution in [3.63, 3.8) is 0 Å². The predicted molar refractivity (Wildman–Crippen MR) is 107 cm³/mol. The molecule has 1 fully saturated rings. The van der Waals surface area contributed by atoms with E-state index >= 15 is 0 Å². The molecule has 0 aromatic carbocycles. The highest BCUT2D eigenvalue weighted by Gasteiger charge is 2.31. The number of thiophene rings is 1. The number of amides is 2. The maximum Gasteiger partial charge on any atom is 0.262 e. The van der Waals surface area contributed by atoms with E-state index in [4.69, 9.17) is 4.74 Å². The second kappa shape index (κ2) is 8.35. The Morgan fingerprint density at radius 1 is 1.37 bits per heavy atom. The molecule has 3 heterocycles. The molecule has 1 N–H and O–H groups in total. The molecule has 7 heteroatoms. The molecule has 6 nitrogen and oxygen atoms in total. The van der Waals surface area contributed by atoms with E-state index in [-0.39, 0.29) is 24.0 Å². The quantitative estimate of drug-likeness (QED) is 0.851. The van der Waals surface area contributed by atoms with Crippen LogP contribution in [0, 0.1) is 5.92 Å². The largest absolute Gasteiger partial charge is 0.370 e. The Bertz CT molecular complexity index is 831. The average molecular weight is 390 g/mol. The summed E-state index contributed by atoms with van der Waals surface area (Å²) in [7, 11) is 0. The molecule has 2 aromatic heterocycles. The molecule has 1 atom stereocenters. The van der Waals surface area contributed by atoms with Crippen molar-refractivity contribution in [2.75, 3.05) is 19.7 Å². The molecule has 3 rings (SSSR count). The number of morpholine rings is 1. The first-order chi connectivity index (χ1) is 12.9. The Labute approximate surface area is 163 Å². The molecule has 1 saturated heterocycles. The fourth-order valence-electron chi connectivity index (χ4n) is 3.30. The summed E-state index contributed by atoms with van der Waals surface area (Å²) in [4.78, 5) is 33.0. The molecule has 2 amide bonds. The minimum atomic E-state index is -0.319. The zero-order chi connectivity index (χ0) is 19.6. The van der Waals surface area contributed by atoms with Gasteiger partial charge < -0.3 is 15.0 Å². The fourth-order valence-corrected chi connectivity index (χ4v) is 4.39. The van der Waals surface area contributed by atoms with E-state index in [9.17, 15) is 9.59 Å². The number of carbonyl (C=O) groups is 2. The Hall–Kier alpha value is -1.99. The normalized spacial score (nSPS) is 17.7. The lowest BCUT2D eigenvalue weighted by molar-refractivity contribution is -0.139. The van der Waals surface area contributed by atoms with Gasteiger partial charge in [-0.05, 0) is 25.8 Å². The van der Waals surface area contributed by atoms with Crippen LogP contribution in [0.15, 0.2) is 18.3 Å². The van der Waals surface area contributed by atoms with Crippen LogP contribution in [-0.4, -0.2) is 47.4 Å². The van der Waals surface area contributed by atoms with Crippen molar-refractivity contribution in [1.29, 1.82) is 0 Å². The van der Waals surface area contributed by atoms with Crippen LogP contribution in [0.4, 0.5) is 0 Å².